The maximum Gasteiger partial charge on any atom is 0.236 e. The van der Waals surface area contributed by atoms with E-state index in [1.165, 1.54) is 0 Å². The Labute approximate surface area is 148 Å². The van der Waals surface area contributed by atoms with Crippen LogP contribution in [-0.2, 0) is 4.79 Å². The van der Waals surface area contributed by atoms with E-state index in [4.69, 9.17) is 22.1 Å². The Kier molecular flexibility index (Phi) is 10.6. The van der Waals surface area contributed by atoms with E-state index >= 15 is 0 Å². The number of carbonyl (C=O) groups is 1. The van der Waals surface area contributed by atoms with Crippen molar-refractivity contribution >= 4 is 42.3 Å². The number of benzene rings is 1. The second-order valence-electron chi connectivity index (χ2n) is 4.71. The molecular weight excluding hydrogens is 349 g/mol. The molecule has 1 amide bonds. The normalized spacial score (nSPS) is 14.7. The fourth-order valence-electron chi connectivity index (χ4n) is 2.20. The summed E-state index contributed by atoms with van der Waals surface area (Å²) in [6.45, 7) is 4.71. The van der Waals surface area contributed by atoms with Gasteiger partial charge in [-0.05, 0) is 12.1 Å². The van der Waals surface area contributed by atoms with E-state index in [0.717, 1.165) is 32.7 Å². The van der Waals surface area contributed by atoms with Gasteiger partial charge < -0.3 is 15.4 Å². The van der Waals surface area contributed by atoms with Gasteiger partial charge in [-0.15, -0.1) is 24.8 Å². The molecule has 22 heavy (non-hydrogen) atoms. The number of para-hydroxylation sites is 1. The molecule has 0 saturated carbocycles. The molecular formula is C14H22Cl3N3O2. The summed E-state index contributed by atoms with van der Waals surface area (Å²) in [5.41, 5.74) is 5.36. The minimum absolute atomic E-state index is 0. The lowest BCUT2D eigenvalue weighted by Gasteiger charge is -2.34. The minimum Gasteiger partial charge on any atom is -0.491 e. The molecule has 1 saturated heterocycles. The standard InChI is InChI=1S/C14H20ClN3O2.2ClH/c15-12-3-1-2-4-13(12)20-10-9-17-5-7-18(8-6-17)14(19)11-16;;/h1-4H,5-11,16H2;2*1H. The van der Waals surface area contributed by atoms with E-state index in [1.54, 1.807) is 0 Å². The Bertz CT molecular complexity index is 455. The van der Waals surface area contributed by atoms with Crippen molar-refractivity contribution < 1.29 is 9.53 Å². The van der Waals surface area contributed by atoms with Gasteiger partial charge in [0.2, 0.25) is 5.91 Å². The van der Waals surface area contributed by atoms with Crippen molar-refractivity contribution in [2.75, 3.05) is 45.9 Å². The molecule has 0 atom stereocenters. The lowest BCUT2D eigenvalue weighted by molar-refractivity contribution is -0.131. The first kappa shape index (κ1) is 21.3. The third kappa shape index (κ3) is 6.18. The summed E-state index contributed by atoms with van der Waals surface area (Å²) in [5, 5.41) is 0.630. The van der Waals surface area contributed by atoms with E-state index in [9.17, 15) is 4.79 Å². The third-order valence-corrected chi connectivity index (χ3v) is 3.71. The summed E-state index contributed by atoms with van der Waals surface area (Å²) in [4.78, 5) is 15.5. The molecule has 126 valence electrons. The number of halogens is 3. The van der Waals surface area contributed by atoms with Crippen LogP contribution in [-0.4, -0.2) is 61.6 Å². The number of nitrogens with two attached hydrogens (primary N) is 1. The average molecular weight is 371 g/mol. The van der Waals surface area contributed by atoms with Crippen molar-refractivity contribution in [1.82, 2.24) is 9.80 Å². The fourth-order valence-corrected chi connectivity index (χ4v) is 2.39. The Hall–Kier alpha value is -0.720. The number of hydrogen-bond acceptors (Lipinski definition) is 4. The predicted octanol–water partition coefficient (Wildman–Crippen LogP) is 1.67. The first-order valence-electron chi connectivity index (χ1n) is 6.78. The van der Waals surface area contributed by atoms with Crippen LogP contribution in [0.1, 0.15) is 0 Å². The third-order valence-electron chi connectivity index (χ3n) is 3.40. The first-order valence-corrected chi connectivity index (χ1v) is 7.16. The summed E-state index contributed by atoms with van der Waals surface area (Å²) in [6.07, 6.45) is 0. The Morgan fingerprint density at radius 3 is 2.41 bits per heavy atom. The van der Waals surface area contributed by atoms with Gasteiger partial charge in [0, 0.05) is 32.7 Å². The summed E-state index contributed by atoms with van der Waals surface area (Å²) >= 11 is 6.02. The second kappa shape index (κ2) is 10.9. The number of rotatable bonds is 5. The lowest BCUT2D eigenvalue weighted by atomic mass is 10.3. The highest BCUT2D eigenvalue weighted by Gasteiger charge is 2.19. The fraction of sp³-hybridized carbons (Fsp3) is 0.500. The molecule has 2 rings (SSSR count). The Morgan fingerprint density at radius 2 is 1.82 bits per heavy atom. The first-order chi connectivity index (χ1) is 9.70. The zero-order valence-electron chi connectivity index (χ0n) is 12.2. The maximum atomic E-state index is 11.5. The van der Waals surface area contributed by atoms with Gasteiger partial charge in [-0.25, -0.2) is 0 Å². The summed E-state index contributed by atoms with van der Waals surface area (Å²) in [5.74, 6) is 0.739. The van der Waals surface area contributed by atoms with Crippen LogP contribution in [0.5, 0.6) is 5.75 Å². The number of ether oxygens (including phenoxy) is 1. The van der Waals surface area contributed by atoms with Gasteiger partial charge in [0.05, 0.1) is 11.6 Å². The summed E-state index contributed by atoms with van der Waals surface area (Å²) in [6, 6.07) is 7.45. The van der Waals surface area contributed by atoms with Crippen LogP contribution in [0.2, 0.25) is 5.02 Å². The van der Waals surface area contributed by atoms with E-state index in [2.05, 4.69) is 4.90 Å². The zero-order valence-corrected chi connectivity index (χ0v) is 14.6. The molecule has 0 aromatic heterocycles. The number of hydrogen-bond donors (Lipinski definition) is 1. The molecule has 0 radical (unpaired) electrons. The van der Waals surface area contributed by atoms with Gasteiger partial charge in [0.25, 0.3) is 0 Å². The molecule has 2 N–H and O–H groups in total. The monoisotopic (exact) mass is 369 g/mol. The lowest BCUT2D eigenvalue weighted by Crippen LogP contribution is -2.51. The van der Waals surface area contributed by atoms with Gasteiger partial charge in [0.15, 0.2) is 0 Å². The van der Waals surface area contributed by atoms with E-state index in [1.807, 2.05) is 29.2 Å². The summed E-state index contributed by atoms with van der Waals surface area (Å²) in [7, 11) is 0. The SMILES string of the molecule is Cl.Cl.NCC(=O)N1CCN(CCOc2ccccc2Cl)CC1. The largest absolute Gasteiger partial charge is 0.491 e. The maximum absolute atomic E-state index is 11.5. The molecule has 0 bridgehead atoms. The van der Waals surface area contributed by atoms with Crippen molar-refractivity contribution in [3.8, 4) is 5.75 Å². The van der Waals surface area contributed by atoms with Crippen LogP contribution in [0.3, 0.4) is 0 Å². The van der Waals surface area contributed by atoms with Gasteiger partial charge in [-0.2, -0.15) is 0 Å². The second-order valence-corrected chi connectivity index (χ2v) is 5.11. The molecule has 1 fully saturated rings. The molecule has 1 aromatic carbocycles. The van der Waals surface area contributed by atoms with Crippen molar-refractivity contribution in [1.29, 1.82) is 0 Å². The van der Waals surface area contributed by atoms with Crippen LogP contribution in [0, 0.1) is 0 Å². The molecule has 8 heteroatoms. The topological polar surface area (TPSA) is 58.8 Å². The van der Waals surface area contributed by atoms with Crippen LogP contribution >= 0.6 is 36.4 Å². The number of carbonyl (C=O) groups excluding carboxylic acids is 1. The van der Waals surface area contributed by atoms with Crippen LogP contribution in [0.25, 0.3) is 0 Å². The summed E-state index contributed by atoms with van der Waals surface area (Å²) < 4.78 is 5.66. The van der Waals surface area contributed by atoms with Gasteiger partial charge in [-0.3, -0.25) is 9.69 Å². The molecule has 0 unspecified atom stereocenters. The quantitative estimate of drug-likeness (QED) is 0.856. The average Bonchev–Trinajstić information content (AvgIpc) is 2.49. The highest BCUT2D eigenvalue weighted by Crippen LogP contribution is 2.22. The van der Waals surface area contributed by atoms with Crippen LogP contribution in [0.4, 0.5) is 0 Å². The molecule has 1 aliphatic rings. The Morgan fingerprint density at radius 1 is 1.18 bits per heavy atom. The van der Waals surface area contributed by atoms with Crippen LogP contribution < -0.4 is 10.5 Å². The smallest absolute Gasteiger partial charge is 0.236 e. The van der Waals surface area contributed by atoms with Gasteiger partial charge in [0.1, 0.15) is 12.4 Å². The molecule has 1 heterocycles. The van der Waals surface area contributed by atoms with Gasteiger partial charge >= 0.3 is 0 Å². The van der Waals surface area contributed by atoms with Crippen molar-refractivity contribution in [2.45, 2.75) is 0 Å². The highest BCUT2D eigenvalue weighted by atomic mass is 35.5. The van der Waals surface area contributed by atoms with Crippen molar-refractivity contribution in [3.05, 3.63) is 29.3 Å². The minimum atomic E-state index is 0. The molecule has 0 spiro atoms. The van der Waals surface area contributed by atoms with E-state index < -0.39 is 0 Å². The highest BCUT2D eigenvalue weighted by molar-refractivity contribution is 6.32. The molecule has 0 aliphatic carbocycles. The van der Waals surface area contributed by atoms with Crippen molar-refractivity contribution in [3.63, 3.8) is 0 Å². The van der Waals surface area contributed by atoms with Crippen LogP contribution in [0.15, 0.2) is 24.3 Å². The predicted molar refractivity (Wildman–Crippen MR) is 93.5 cm³/mol. The van der Waals surface area contributed by atoms with E-state index in [-0.39, 0.29) is 37.3 Å². The number of piperazine rings is 1. The van der Waals surface area contributed by atoms with E-state index in [0.29, 0.717) is 17.4 Å². The zero-order chi connectivity index (χ0) is 14.4. The Balaban J connectivity index is 0.00000220. The number of nitrogens with zero attached hydrogens (tertiary/aromatic N) is 2. The molecule has 1 aromatic rings. The number of amides is 1. The van der Waals surface area contributed by atoms with Crippen molar-refractivity contribution in [2.24, 2.45) is 5.73 Å². The van der Waals surface area contributed by atoms with Gasteiger partial charge in [-0.1, -0.05) is 23.7 Å². The molecule has 5 nitrogen and oxygen atoms in total. The molecule has 1 aliphatic heterocycles.